The fourth-order valence-electron chi connectivity index (χ4n) is 9.15. The average Bonchev–Trinajstić information content (AvgIpc) is 3.57. The summed E-state index contributed by atoms with van der Waals surface area (Å²) in [6.07, 6.45) is 2.44. The molecule has 2 nitrogen and oxygen atoms in total. The molecule has 8 aromatic carbocycles. The molecule has 0 spiro atoms. The first-order valence-electron chi connectivity index (χ1n) is 20.0. The molecule has 0 atom stereocenters. The zero-order valence-corrected chi connectivity index (χ0v) is 32.6. The summed E-state index contributed by atoms with van der Waals surface area (Å²) < 4.78 is 2.42. The van der Waals surface area contributed by atoms with E-state index in [4.69, 9.17) is 0 Å². The summed E-state index contributed by atoms with van der Waals surface area (Å²) in [5, 5.41) is 4.93. The molecule has 9 aromatic rings. The lowest BCUT2D eigenvalue weighted by Gasteiger charge is -2.42. The number of hydrogen-bond donors (Lipinski definition) is 0. The molecule has 1 aromatic heterocycles. The molecular weight excluding hydrogens is 677 g/mol. The monoisotopic (exact) mass is 722 g/mol. The van der Waals surface area contributed by atoms with E-state index < -0.39 is 0 Å². The fraction of sp³-hybridized carbons (Fsp3) is 0.148. The largest absolute Gasteiger partial charge is 0.310 e. The molecule has 0 N–H and O–H groups in total. The van der Waals surface area contributed by atoms with Gasteiger partial charge in [0, 0.05) is 33.5 Å². The number of benzene rings is 8. The Morgan fingerprint density at radius 1 is 0.393 bits per heavy atom. The third-order valence-electron chi connectivity index (χ3n) is 12.4. The normalized spacial score (nSPS) is 14.6. The molecule has 1 aliphatic rings. The molecule has 0 aliphatic heterocycles. The van der Waals surface area contributed by atoms with Crippen LogP contribution in [0, 0.1) is 0 Å². The van der Waals surface area contributed by atoms with Gasteiger partial charge in [0.05, 0.1) is 11.0 Å². The van der Waals surface area contributed by atoms with Crippen molar-refractivity contribution < 1.29 is 0 Å². The highest BCUT2D eigenvalue weighted by Crippen LogP contribution is 2.47. The van der Waals surface area contributed by atoms with Gasteiger partial charge in [-0.15, -0.1) is 0 Å². The standard InChI is InChI=1S/C54H46N2/c1-53(2)32-33-54(3,4)50-35-42(23-30-49(50)53)40-20-26-44(27-21-40)56-51-17-11-10-16-47(51)48-36-46(29-31-52(48)56)55(45-28-22-38-14-8-9-15-41(38)34-45)43-24-18-39(19-25-43)37-12-6-5-7-13-37/h5-31,34-36H,32-33H2,1-4H3. The molecule has 0 amide bonds. The quantitative estimate of drug-likeness (QED) is 0.166. The van der Waals surface area contributed by atoms with Crippen LogP contribution < -0.4 is 4.90 Å². The SMILES string of the molecule is CC1(C)CCC(C)(C)c2cc(-c3ccc(-n4c5ccccc5c5cc(N(c6ccc(-c7ccccc7)cc6)c6ccc7ccccc7c6)ccc54)cc3)ccc21. The number of anilines is 3. The first-order valence-corrected chi connectivity index (χ1v) is 20.0. The maximum atomic E-state index is 2.46. The van der Waals surface area contributed by atoms with Crippen molar-refractivity contribution in [3.8, 4) is 27.9 Å². The average molecular weight is 723 g/mol. The second-order valence-electron chi connectivity index (χ2n) is 16.9. The topological polar surface area (TPSA) is 8.17 Å². The van der Waals surface area contributed by atoms with E-state index in [-0.39, 0.29) is 10.8 Å². The number of hydrogen-bond acceptors (Lipinski definition) is 1. The third kappa shape index (κ3) is 5.80. The minimum atomic E-state index is 0.179. The van der Waals surface area contributed by atoms with Crippen LogP contribution in [0.15, 0.2) is 182 Å². The van der Waals surface area contributed by atoms with Gasteiger partial charge in [0.25, 0.3) is 0 Å². The van der Waals surface area contributed by atoms with E-state index in [9.17, 15) is 0 Å². The zero-order chi connectivity index (χ0) is 38.0. The molecule has 1 aliphatic carbocycles. The lowest BCUT2D eigenvalue weighted by atomic mass is 9.63. The van der Waals surface area contributed by atoms with Gasteiger partial charge in [0.1, 0.15) is 0 Å². The van der Waals surface area contributed by atoms with Crippen LogP contribution in [0.2, 0.25) is 0 Å². The molecule has 56 heavy (non-hydrogen) atoms. The Bertz CT molecular complexity index is 2890. The van der Waals surface area contributed by atoms with Gasteiger partial charge in [0.15, 0.2) is 0 Å². The van der Waals surface area contributed by atoms with Gasteiger partial charge >= 0.3 is 0 Å². The van der Waals surface area contributed by atoms with Crippen molar-refractivity contribution in [2.75, 3.05) is 4.90 Å². The molecule has 0 radical (unpaired) electrons. The van der Waals surface area contributed by atoms with Gasteiger partial charge in [-0.2, -0.15) is 0 Å². The van der Waals surface area contributed by atoms with E-state index in [1.54, 1.807) is 0 Å². The fourth-order valence-corrected chi connectivity index (χ4v) is 9.15. The van der Waals surface area contributed by atoms with Crippen LogP contribution >= 0.6 is 0 Å². The number of aromatic nitrogens is 1. The number of para-hydroxylation sites is 1. The van der Waals surface area contributed by atoms with E-state index >= 15 is 0 Å². The van der Waals surface area contributed by atoms with Crippen LogP contribution in [0.5, 0.6) is 0 Å². The maximum absolute atomic E-state index is 2.46. The Morgan fingerprint density at radius 2 is 0.946 bits per heavy atom. The predicted octanol–water partition coefficient (Wildman–Crippen LogP) is 15.1. The van der Waals surface area contributed by atoms with Gasteiger partial charge in [-0.3, -0.25) is 0 Å². The molecule has 272 valence electrons. The lowest BCUT2D eigenvalue weighted by Crippen LogP contribution is -2.33. The Hall–Kier alpha value is -6.38. The third-order valence-corrected chi connectivity index (χ3v) is 12.4. The minimum Gasteiger partial charge on any atom is -0.310 e. The van der Waals surface area contributed by atoms with Gasteiger partial charge in [-0.25, -0.2) is 0 Å². The van der Waals surface area contributed by atoms with Crippen molar-refractivity contribution >= 4 is 49.6 Å². The summed E-state index contributed by atoms with van der Waals surface area (Å²) in [5.41, 5.74) is 15.3. The molecule has 0 fully saturated rings. The van der Waals surface area contributed by atoms with E-state index in [0.29, 0.717) is 0 Å². The summed E-state index contributed by atoms with van der Waals surface area (Å²) in [5.74, 6) is 0. The van der Waals surface area contributed by atoms with Gasteiger partial charge in [0.2, 0.25) is 0 Å². The molecule has 0 bridgehead atoms. The Kier molecular flexibility index (Phi) is 8.01. The van der Waals surface area contributed by atoms with E-state index in [2.05, 4.69) is 219 Å². The molecule has 2 heteroatoms. The van der Waals surface area contributed by atoms with Crippen LogP contribution in [-0.2, 0) is 10.8 Å². The van der Waals surface area contributed by atoms with Crippen molar-refractivity contribution in [2.24, 2.45) is 0 Å². The van der Waals surface area contributed by atoms with Crippen LogP contribution in [0.25, 0.3) is 60.5 Å². The summed E-state index contributed by atoms with van der Waals surface area (Å²) in [6.45, 7) is 9.61. The van der Waals surface area contributed by atoms with Crippen molar-refractivity contribution in [3.05, 3.63) is 193 Å². The molecule has 0 saturated carbocycles. The van der Waals surface area contributed by atoms with Gasteiger partial charge in [-0.05, 0) is 128 Å². The molecule has 10 rings (SSSR count). The first-order chi connectivity index (χ1) is 27.2. The Labute approximate surface area is 330 Å². The van der Waals surface area contributed by atoms with Crippen molar-refractivity contribution in [3.63, 3.8) is 0 Å². The highest BCUT2D eigenvalue weighted by molar-refractivity contribution is 6.10. The Morgan fingerprint density at radius 3 is 1.73 bits per heavy atom. The number of nitrogens with zero attached hydrogens (tertiary/aromatic N) is 2. The second-order valence-corrected chi connectivity index (χ2v) is 16.9. The highest BCUT2D eigenvalue weighted by atomic mass is 15.1. The second kappa shape index (κ2) is 13.1. The molecule has 1 heterocycles. The summed E-state index contributed by atoms with van der Waals surface area (Å²) >= 11 is 0. The van der Waals surface area contributed by atoms with Gasteiger partial charge in [-0.1, -0.05) is 149 Å². The first kappa shape index (κ1) is 34.1. The van der Waals surface area contributed by atoms with Crippen molar-refractivity contribution in [1.29, 1.82) is 0 Å². The predicted molar refractivity (Wildman–Crippen MR) is 239 cm³/mol. The molecule has 0 unspecified atom stereocenters. The number of rotatable bonds is 6. The van der Waals surface area contributed by atoms with Crippen molar-refractivity contribution in [2.45, 2.75) is 51.4 Å². The Balaban J connectivity index is 1.07. The summed E-state index contributed by atoms with van der Waals surface area (Å²) in [7, 11) is 0. The van der Waals surface area contributed by atoms with Gasteiger partial charge < -0.3 is 9.47 Å². The van der Waals surface area contributed by atoms with E-state index in [1.165, 1.54) is 78.8 Å². The smallest absolute Gasteiger partial charge is 0.0542 e. The van der Waals surface area contributed by atoms with E-state index in [0.717, 1.165) is 22.7 Å². The van der Waals surface area contributed by atoms with E-state index in [1.807, 2.05) is 0 Å². The summed E-state index contributed by atoms with van der Waals surface area (Å²) in [4.78, 5) is 2.39. The van der Waals surface area contributed by atoms with Crippen LogP contribution in [0.1, 0.15) is 51.7 Å². The highest BCUT2D eigenvalue weighted by Gasteiger charge is 2.37. The van der Waals surface area contributed by atoms with Crippen LogP contribution in [0.3, 0.4) is 0 Å². The molecule has 0 saturated heterocycles. The minimum absolute atomic E-state index is 0.179. The summed E-state index contributed by atoms with van der Waals surface area (Å²) in [6, 6.07) is 67.1. The lowest BCUT2D eigenvalue weighted by molar-refractivity contribution is 0.332. The zero-order valence-electron chi connectivity index (χ0n) is 32.6. The number of fused-ring (bicyclic) bond motifs is 5. The van der Waals surface area contributed by atoms with Crippen LogP contribution in [-0.4, -0.2) is 4.57 Å². The van der Waals surface area contributed by atoms with Crippen LogP contribution in [0.4, 0.5) is 17.1 Å². The molecular formula is C54H46N2. The maximum Gasteiger partial charge on any atom is 0.0542 e. The van der Waals surface area contributed by atoms with Crippen molar-refractivity contribution in [1.82, 2.24) is 4.57 Å².